The molecule has 1 saturated heterocycles. The predicted molar refractivity (Wildman–Crippen MR) is 72.2 cm³/mol. The van der Waals surface area contributed by atoms with E-state index in [4.69, 9.17) is 5.11 Å². The van der Waals surface area contributed by atoms with Crippen molar-refractivity contribution in [3.63, 3.8) is 0 Å². The van der Waals surface area contributed by atoms with Crippen molar-refractivity contribution >= 4 is 17.7 Å². The van der Waals surface area contributed by atoms with Crippen LogP contribution in [0.3, 0.4) is 0 Å². The zero-order valence-corrected chi connectivity index (χ0v) is 10.9. The number of amides is 2. The summed E-state index contributed by atoms with van der Waals surface area (Å²) < 4.78 is 0. The second kappa shape index (κ2) is 5.73. The van der Waals surface area contributed by atoms with Crippen LogP contribution in [-0.4, -0.2) is 34.6 Å². The number of nitrogens with one attached hydrogen (secondary N) is 1. The molecular formula is C14H18N2O3. The summed E-state index contributed by atoms with van der Waals surface area (Å²) in [5.41, 5.74) is 1.80. The number of piperidine rings is 1. The lowest BCUT2D eigenvalue weighted by atomic mass is 10.0. The Hall–Kier alpha value is -2.04. The molecule has 1 aromatic rings. The van der Waals surface area contributed by atoms with Gasteiger partial charge in [0.2, 0.25) is 0 Å². The molecule has 0 aromatic heterocycles. The monoisotopic (exact) mass is 262 g/mol. The van der Waals surface area contributed by atoms with Crippen LogP contribution < -0.4 is 5.32 Å². The number of likely N-dealkylation sites (tertiary alicyclic amines) is 1. The molecule has 0 spiro atoms. The minimum Gasteiger partial charge on any atom is -0.480 e. The third-order valence-electron chi connectivity index (χ3n) is 3.35. The molecule has 0 radical (unpaired) electrons. The number of rotatable bonds is 2. The maximum atomic E-state index is 12.1. The van der Waals surface area contributed by atoms with Gasteiger partial charge in [0.25, 0.3) is 0 Å². The van der Waals surface area contributed by atoms with E-state index in [1.54, 1.807) is 0 Å². The fourth-order valence-corrected chi connectivity index (χ4v) is 2.26. The molecule has 0 saturated carbocycles. The second-order valence-electron chi connectivity index (χ2n) is 4.84. The van der Waals surface area contributed by atoms with Crippen molar-refractivity contribution < 1.29 is 14.7 Å². The van der Waals surface area contributed by atoms with Gasteiger partial charge in [-0.25, -0.2) is 9.59 Å². The molecular weight excluding hydrogens is 244 g/mol. The topological polar surface area (TPSA) is 69.6 Å². The first-order valence-corrected chi connectivity index (χ1v) is 6.45. The maximum Gasteiger partial charge on any atom is 0.326 e. The van der Waals surface area contributed by atoms with E-state index in [2.05, 4.69) is 5.32 Å². The van der Waals surface area contributed by atoms with Crippen LogP contribution >= 0.6 is 0 Å². The highest BCUT2D eigenvalue weighted by Crippen LogP contribution is 2.19. The number of hydrogen-bond acceptors (Lipinski definition) is 2. The molecule has 19 heavy (non-hydrogen) atoms. The van der Waals surface area contributed by atoms with Crippen molar-refractivity contribution in [3.8, 4) is 0 Å². The molecule has 1 aliphatic heterocycles. The first-order chi connectivity index (χ1) is 9.08. The number of carbonyl (C=O) groups excluding carboxylic acids is 1. The number of benzene rings is 1. The quantitative estimate of drug-likeness (QED) is 0.860. The van der Waals surface area contributed by atoms with Crippen LogP contribution in [0.25, 0.3) is 0 Å². The highest BCUT2D eigenvalue weighted by atomic mass is 16.4. The molecule has 102 valence electrons. The van der Waals surface area contributed by atoms with Gasteiger partial charge >= 0.3 is 12.0 Å². The molecule has 1 fully saturated rings. The molecule has 2 amide bonds. The SMILES string of the molecule is Cc1ccc(NC(=O)N2CCCCC2C(=O)O)cc1. The number of nitrogens with zero attached hydrogens (tertiary/aromatic N) is 1. The lowest BCUT2D eigenvalue weighted by Crippen LogP contribution is -2.49. The van der Waals surface area contributed by atoms with Crippen molar-refractivity contribution in [2.45, 2.75) is 32.2 Å². The summed E-state index contributed by atoms with van der Waals surface area (Å²) >= 11 is 0. The number of carboxylic acids is 1. The Bertz CT molecular complexity index is 470. The summed E-state index contributed by atoms with van der Waals surface area (Å²) in [5.74, 6) is -0.932. The Labute approximate surface area is 112 Å². The van der Waals surface area contributed by atoms with Crippen LogP contribution in [0, 0.1) is 6.92 Å². The van der Waals surface area contributed by atoms with Crippen molar-refractivity contribution in [2.24, 2.45) is 0 Å². The van der Waals surface area contributed by atoms with E-state index >= 15 is 0 Å². The molecule has 0 aliphatic carbocycles. The first kappa shape index (κ1) is 13.4. The highest BCUT2D eigenvalue weighted by molar-refractivity contribution is 5.92. The largest absolute Gasteiger partial charge is 0.480 e. The summed E-state index contributed by atoms with van der Waals surface area (Å²) in [6, 6.07) is 6.39. The lowest BCUT2D eigenvalue weighted by Gasteiger charge is -2.32. The molecule has 1 unspecified atom stereocenters. The number of anilines is 1. The van der Waals surface area contributed by atoms with Gasteiger partial charge in [-0.05, 0) is 38.3 Å². The third-order valence-corrected chi connectivity index (χ3v) is 3.35. The fourth-order valence-electron chi connectivity index (χ4n) is 2.26. The summed E-state index contributed by atoms with van der Waals surface area (Å²) in [7, 11) is 0. The average molecular weight is 262 g/mol. The molecule has 5 heteroatoms. The van der Waals surface area contributed by atoms with Gasteiger partial charge < -0.3 is 15.3 Å². The molecule has 2 rings (SSSR count). The lowest BCUT2D eigenvalue weighted by molar-refractivity contribution is -0.143. The van der Waals surface area contributed by atoms with Gasteiger partial charge in [-0.2, -0.15) is 0 Å². The molecule has 1 atom stereocenters. The van der Waals surface area contributed by atoms with Crippen LogP contribution in [0.5, 0.6) is 0 Å². The smallest absolute Gasteiger partial charge is 0.326 e. The number of hydrogen-bond donors (Lipinski definition) is 2. The molecule has 1 heterocycles. The van der Waals surface area contributed by atoms with Crippen LogP contribution in [-0.2, 0) is 4.79 Å². The normalized spacial score (nSPS) is 19.0. The van der Waals surface area contributed by atoms with Gasteiger partial charge in [0.15, 0.2) is 0 Å². The Morgan fingerprint density at radius 2 is 1.95 bits per heavy atom. The summed E-state index contributed by atoms with van der Waals surface area (Å²) in [4.78, 5) is 24.7. The van der Waals surface area contributed by atoms with Crippen LogP contribution in [0.1, 0.15) is 24.8 Å². The zero-order valence-electron chi connectivity index (χ0n) is 10.9. The van der Waals surface area contributed by atoms with E-state index < -0.39 is 12.0 Å². The Morgan fingerprint density at radius 1 is 1.26 bits per heavy atom. The average Bonchev–Trinajstić information content (AvgIpc) is 2.41. The van der Waals surface area contributed by atoms with Crippen molar-refractivity contribution in [3.05, 3.63) is 29.8 Å². The van der Waals surface area contributed by atoms with Crippen molar-refractivity contribution in [1.29, 1.82) is 0 Å². The summed E-state index contributed by atoms with van der Waals surface area (Å²) in [6.45, 7) is 2.46. The Kier molecular flexibility index (Phi) is 4.04. The number of aryl methyl sites for hydroxylation is 1. The van der Waals surface area contributed by atoms with Gasteiger partial charge in [0.1, 0.15) is 6.04 Å². The molecule has 5 nitrogen and oxygen atoms in total. The van der Waals surface area contributed by atoms with E-state index in [0.717, 1.165) is 18.4 Å². The second-order valence-corrected chi connectivity index (χ2v) is 4.84. The van der Waals surface area contributed by atoms with Crippen molar-refractivity contribution in [1.82, 2.24) is 4.90 Å². The van der Waals surface area contributed by atoms with Crippen LogP contribution in [0.2, 0.25) is 0 Å². The highest BCUT2D eigenvalue weighted by Gasteiger charge is 2.31. The standard InChI is InChI=1S/C14H18N2O3/c1-10-5-7-11(8-6-10)15-14(19)16-9-3-2-4-12(16)13(17)18/h5-8,12H,2-4,9H2,1H3,(H,15,19)(H,17,18). The van der Waals surface area contributed by atoms with E-state index in [-0.39, 0.29) is 6.03 Å². The zero-order chi connectivity index (χ0) is 13.8. The minimum atomic E-state index is -0.932. The van der Waals surface area contributed by atoms with E-state index in [0.29, 0.717) is 18.7 Å². The molecule has 0 bridgehead atoms. The van der Waals surface area contributed by atoms with Gasteiger partial charge in [0, 0.05) is 12.2 Å². The Balaban J connectivity index is 2.05. The van der Waals surface area contributed by atoms with Crippen molar-refractivity contribution in [2.75, 3.05) is 11.9 Å². The molecule has 1 aromatic carbocycles. The fraction of sp³-hybridized carbons (Fsp3) is 0.429. The van der Waals surface area contributed by atoms with E-state index in [9.17, 15) is 9.59 Å². The number of urea groups is 1. The first-order valence-electron chi connectivity index (χ1n) is 6.45. The maximum absolute atomic E-state index is 12.1. The molecule has 1 aliphatic rings. The number of carbonyl (C=O) groups is 2. The summed E-state index contributed by atoms with van der Waals surface area (Å²) in [6.07, 6.45) is 2.23. The summed E-state index contributed by atoms with van der Waals surface area (Å²) in [5, 5.41) is 11.9. The van der Waals surface area contributed by atoms with Crippen LogP contribution in [0.4, 0.5) is 10.5 Å². The predicted octanol–water partition coefficient (Wildman–Crippen LogP) is 2.47. The van der Waals surface area contributed by atoms with Crippen LogP contribution in [0.15, 0.2) is 24.3 Å². The third kappa shape index (κ3) is 3.24. The van der Waals surface area contributed by atoms with Gasteiger partial charge in [0.05, 0.1) is 0 Å². The molecule has 2 N–H and O–H groups in total. The van der Waals surface area contributed by atoms with E-state index in [1.165, 1.54) is 4.90 Å². The van der Waals surface area contributed by atoms with Gasteiger partial charge in [-0.15, -0.1) is 0 Å². The number of carboxylic acid groups (broad SMARTS) is 1. The number of aliphatic carboxylic acids is 1. The minimum absolute atomic E-state index is 0.337. The van der Waals surface area contributed by atoms with E-state index in [1.807, 2.05) is 31.2 Å². The Morgan fingerprint density at radius 3 is 2.58 bits per heavy atom. The van der Waals surface area contributed by atoms with Gasteiger partial charge in [-0.3, -0.25) is 0 Å². The van der Waals surface area contributed by atoms with Gasteiger partial charge in [-0.1, -0.05) is 17.7 Å².